The lowest BCUT2D eigenvalue weighted by Gasteiger charge is -2.26. The highest BCUT2D eigenvalue weighted by molar-refractivity contribution is 5.48. The van der Waals surface area contributed by atoms with Crippen molar-refractivity contribution in [3.8, 4) is 5.75 Å². The predicted octanol–water partition coefficient (Wildman–Crippen LogP) is 19.5. The predicted molar refractivity (Wildman–Crippen MR) is 283 cm³/mol. The Labute approximate surface area is 396 Å². The molecule has 1 N–H and O–H groups in total. The number of hydrogen-bond donors (Lipinski definition) is 1. The second kappa shape index (κ2) is 32.4. The van der Waals surface area contributed by atoms with Crippen LogP contribution in [0.15, 0.2) is 84.9 Å². The van der Waals surface area contributed by atoms with E-state index in [9.17, 15) is 5.11 Å². The van der Waals surface area contributed by atoms with Gasteiger partial charge in [0.1, 0.15) is 5.75 Å². The van der Waals surface area contributed by atoms with Crippen LogP contribution in [0.1, 0.15) is 263 Å². The molecule has 1 heteroatoms. The molecular weight excluding hydrogens is 773 g/mol. The monoisotopic (exact) mass is 869 g/mol. The molecule has 0 amide bonds. The quantitative estimate of drug-likeness (QED) is 0.0452. The smallest absolute Gasteiger partial charge is 0.119 e. The third-order valence-corrected chi connectivity index (χ3v) is 14.7. The Morgan fingerprint density at radius 2 is 0.609 bits per heavy atom. The lowest BCUT2D eigenvalue weighted by Crippen LogP contribution is -2.12. The van der Waals surface area contributed by atoms with Crippen LogP contribution >= 0.6 is 0 Å². The van der Waals surface area contributed by atoms with Crippen LogP contribution in [-0.2, 0) is 38.5 Å². The van der Waals surface area contributed by atoms with Gasteiger partial charge in [-0.25, -0.2) is 0 Å². The Bertz CT molecular complexity index is 1800. The molecule has 0 heterocycles. The van der Waals surface area contributed by atoms with Crippen molar-refractivity contribution in [1.29, 1.82) is 0 Å². The minimum absolute atomic E-state index is 0.319. The molecule has 64 heavy (non-hydrogen) atoms. The summed E-state index contributed by atoms with van der Waals surface area (Å²) in [6.45, 7) is 14.2. The average molecular weight is 869 g/mol. The summed E-state index contributed by atoms with van der Waals surface area (Å²) in [5.74, 6) is 1.56. The van der Waals surface area contributed by atoms with E-state index in [-0.39, 0.29) is 0 Å². The van der Waals surface area contributed by atoms with Crippen molar-refractivity contribution in [2.75, 3.05) is 0 Å². The maximum absolute atomic E-state index is 11.9. The minimum Gasteiger partial charge on any atom is -0.508 e. The van der Waals surface area contributed by atoms with Gasteiger partial charge in [0.15, 0.2) is 0 Å². The van der Waals surface area contributed by atoms with Gasteiger partial charge >= 0.3 is 0 Å². The summed E-state index contributed by atoms with van der Waals surface area (Å²) in [6, 6.07) is 32.2. The van der Waals surface area contributed by atoms with E-state index in [1.165, 1.54) is 211 Å². The summed E-state index contributed by atoms with van der Waals surface area (Å²) in [5, 5.41) is 11.9. The van der Waals surface area contributed by atoms with Crippen molar-refractivity contribution in [3.63, 3.8) is 0 Å². The van der Waals surface area contributed by atoms with E-state index in [4.69, 9.17) is 0 Å². The maximum atomic E-state index is 11.9. The van der Waals surface area contributed by atoms with Crippen LogP contribution in [-0.4, -0.2) is 5.11 Å². The fourth-order valence-corrected chi connectivity index (χ4v) is 10.8. The van der Waals surface area contributed by atoms with Crippen LogP contribution in [0.3, 0.4) is 0 Å². The first-order valence-electron chi connectivity index (χ1n) is 27.4. The fourth-order valence-electron chi connectivity index (χ4n) is 10.8. The van der Waals surface area contributed by atoms with E-state index in [0.717, 1.165) is 32.1 Å². The third kappa shape index (κ3) is 19.3. The van der Waals surface area contributed by atoms with Gasteiger partial charge in [0.05, 0.1) is 0 Å². The Morgan fingerprint density at radius 3 is 0.969 bits per heavy atom. The molecule has 4 aromatic carbocycles. The molecule has 0 fully saturated rings. The van der Waals surface area contributed by atoms with Crippen molar-refractivity contribution >= 4 is 0 Å². The van der Waals surface area contributed by atoms with Gasteiger partial charge in [-0.05, 0) is 132 Å². The summed E-state index contributed by atoms with van der Waals surface area (Å²) < 4.78 is 0. The van der Waals surface area contributed by atoms with Crippen molar-refractivity contribution in [2.45, 2.75) is 252 Å². The number of aryl methyl sites for hydroxylation is 3. The number of phenols is 1. The highest BCUT2D eigenvalue weighted by Gasteiger charge is 2.23. The molecule has 3 atom stereocenters. The minimum atomic E-state index is 0.319. The number of unbranched alkanes of at least 4 members (excludes halogenated alkanes) is 21. The van der Waals surface area contributed by atoms with Gasteiger partial charge in [-0.15, -0.1) is 0 Å². The maximum Gasteiger partial charge on any atom is 0.119 e. The van der Waals surface area contributed by atoms with E-state index in [1.54, 1.807) is 0 Å². The lowest BCUT2D eigenvalue weighted by molar-refractivity contribution is 0.463. The molecule has 0 aliphatic carbocycles. The van der Waals surface area contributed by atoms with E-state index in [0.29, 0.717) is 23.5 Å². The molecule has 1 nitrogen and oxygen atoms in total. The summed E-state index contributed by atoms with van der Waals surface area (Å²) in [7, 11) is 0. The van der Waals surface area contributed by atoms with Gasteiger partial charge in [-0.2, -0.15) is 0 Å². The summed E-state index contributed by atoms with van der Waals surface area (Å²) >= 11 is 0. The van der Waals surface area contributed by atoms with E-state index in [2.05, 4.69) is 120 Å². The lowest BCUT2D eigenvalue weighted by atomic mass is 9.79. The second-order valence-corrected chi connectivity index (χ2v) is 20.3. The normalized spacial score (nSPS) is 13.0. The SMILES string of the molecule is CCCCCCCCCCc1ccccc1C(C)Cc1ccc(O)c(CC(C)c2ccccc2CCCCCCCCCC)c1CC(C)c1ccccc1CCCCCCCCCC. The number of benzene rings is 4. The first-order chi connectivity index (χ1) is 31.4. The first kappa shape index (κ1) is 53.3. The van der Waals surface area contributed by atoms with Crippen LogP contribution in [0.4, 0.5) is 0 Å². The van der Waals surface area contributed by atoms with Crippen LogP contribution < -0.4 is 0 Å². The van der Waals surface area contributed by atoms with Crippen LogP contribution in [0, 0.1) is 0 Å². The Hall–Kier alpha value is -3.32. The number of rotatable bonds is 36. The average Bonchev–Trinajstić information content (AvgIpc) is 3.31. The van der Waals surface area contributed by atoms with Crippen molar-refractivity contribution < 1.29 is 5.11 Å². The van der Waals surface area contributed by atoms with Gasteiger partial charge < -0.3 is 5.11 Å². The zero-order valence-corrected chi connectivity index (χ0v) is 42.5. The fraction of sp³-hybridized carbons (Fsp3) is 0.619. The molecule has 4 rings (SSSR count). The molecule has 0 radical (unpaired) electrons. The third-order valence-electron chi connectivity index (χ3n) is 14.7. The number of phenolic OH excluding ortho intramolecular Hbond substituents is 1. The Balaban J connectivity index is 1.56. The highest BCUT2D eigenvalue weighted by atomic mass is 16.3. The molecule has 0 aliphatic heterocycles. The Kier molecular flexibility index (Phi) is 27.0. The molecule has 354 valence electrons. The largest absolute Gasteiger partial charge is 0.508 e. The second-order valence-electron chi connectivity index (χ2n) is 20.3. The zero-order valence-electron chi connectivity index (χ0n) is 42.5. The summed E-state index contributed by atoms with van der Waals surface area (Å²) in [6.07, 6.45) is 38.8. The molecule has 0 aliphatic rings. The zero-order chi connectivity index (χ0) is 45.6. The van der Waals surface area contributed by atoms with Crippen molar-refractivity contribution in [2.24, 2.45) is 0 Å². The summed E-state index contributed by atoms with van der Waals surface area (Å²) in [4.78, 5) is 0. The summed E-state index contributed by atoms with van der Waals surface area (Å²) in [5.41, 5.74) is 13.0. The molecule has 0 aromatic heterocycles. The Morgan fingerprint density at radius 1 is 0.312 bits per heavy atom. The topological polar surface area (TPSA) is 20.2 Å². The van der Waals surface area contributed by atoms with Gasteiger partial charge in [0.25, 0.3) is 0 Å². The molecular formula is C63H96O. The molecule has 3 unspecified atom stereocenters. The van der Waals surface area contributed by atoms with E-state index >= 15 is 0 Å². The van der Waals surface area contributed by atoms with E-state index in [1.807, 2.05) is 6.07 Å². The van der Waals surface area contributed by atoms with Gasteiger partial charge in [-0.3, -0.25) is 0 Å². The first-order valence-corrected chi connectivity index (χ1v) is 27.4. The molecule has 0 bridgehead atoms. The molecule has 4 aromatic rings. The highest BCUT2D eigenvalue weighted by Crippen LogP contribution is 2.38. The van der Waals surface area contributed by atoms with Crippen molar-refractivity contribution in [3.05, 3.63) is 135 Å². The van der Waals surface area contributed by atoms with E-state index < -0.39 is 0 Å². The van der Waals surface area contributed by atoms with Crippen LogP contribution in [0.5, 0.6) is 5.75 Å². The van der Waals surface area contributed by atoms with Gasteiger partial charge in [0, 0.05) is 0 Å². The molecule has 0 saturated heterocycles. The van der Waals surface area contributed by atoms with Gasteiger partial charge in [-0.1, -0.05) is 255 Å². The van der Waals surface area contributed by atoms with Gasteiger partial charge in [0.2, 0.25) is 0 Å². The number of hydrogen-bond acceptors (Lipinski definition) is 1. The molecule has 0 saturated carbocycles. The van der Waals surface area contributed by atoms with Crippen LogP contribution in [0.25, 0.3) is 0 Å². The number of aromatic hydroxyl groups is 1. The van der Waals surface area contributed by atoms with Crippen LogP contribution in [0.2, 0.25) is 0 Å². The standard InChI is InChI=1S/C63H96O/c1-7-10-13-16-19-22-25-28-37-54-40-31-34-43-58(54)51(4)48-57-46-47-63(64)62(50-53(6)60-45-36-33-42-56(60)39-30-27-24-21-18-15-12-9-3)61(57)49-52(5)59-44-35-32-41-55(59)38-29-26-23-20-17-14-11-8-2/h31-36,40-47,51-53,64H,7-30,37-39,48-50H2,1-6H3. The van der Waals surface area contributed by atoms with Crippen molar-refractivity contribution in [1.82, 2.24) is 0 Å². The molecule has 0 spiro atoms.